The van der Waals surface area contributed by atoms with Gasteiger partial charge in [-0.25, -0.2) is 4.98 Å². The number of anilines is 1. The van der Waals surface area contributed by atoms with Gasteiger partial charge in [0.25, 0.3) is 5.91 Å². The van der Waals surface area contributed by atoms with E-state index in [0.29, 0.717) is 33.4 Å². The molecule has 3 aromatic rings. The minimum Gasteiger partial charge on any atom is -0.322 e. The molecule has 0 saturated heterocycles. The molecule has 1 aromatic carbocycles. The van der Waals surface area contributed by atoms with Crippen molar-refractivity contribution in [2.45, 2.75) is 19.4 Å². The molecule has 4 N–H and O–H groups in total. The number of carbonyl (C=O) groups is 1. The highest BCUT2D eigenvalue weighted by Gasteiger charge is 2.20. The molecule has 0 unspecified atom stereocenters. The molecule has 3 rings (SSSR count). The Labute approximate surface area is 138 Å². The SMILES string of the molecule is CC(C)(N)c1ccc(C(=O)Nc2ccnc3[nH]ncc23)cc1C#N. The maximum Gasteiger partial charge on any atom is 0.255 e. The van der Waals surface area contributed by atoms with E-state index in [0.717, 1.165) is 0 Å². The molecule has 0 saturated carbocycles. The summed E-state index contributed by atoms with van der Waals surface area (Å²) in [4.78, 5) is 16.6. The van der Waals surface area contributed by atoms with Crippen molar-refractivity contribution >= 4 is 22.6 Å². The molecule has 0 spiro atoms. The Morgan fingerprint density at radius 1 is 1.38 bits per heavy atom. The highest BCUT2D eigenvalue weighted by Crippen LogP contribution is 2.24. The number of aromatic amines is 1. The second-order valence-electron chi connectivity index (χ2n) is 6.04. The lowest BCUT2D eigenvalue weighted by atomic mass is 9.90. The fraction of sp³-hybridized carbons (Fsp3) is 0.176. The first kappa shape index (κ1) is 15.6. The highest BCUT2D eigenvalue weighted by atomic mass is 16.1. The van der Waals surface area contributed by atoms with Crippen LogP contribution in [0.15, 0.2) is 36.7 Å². The van der Waals surface area contributed by atoms with Crippen LogP contribution in [-0.4, -0.2) is 21.1 Å². The number of nitrogens with zero attached hydrogens (tertiary/aromatic N) is 3. The van der Waals surface area contributed by atoms with E-state index >= 15 is 0 Å². The van der Waals surface area contributed by atoms with Crippen molar-refractivity contribution in [1.29, 1.82) is 5.26 Å². The number of nitriles is 1. The molecule has 7 heteroatoms. The van der Waals surface area contributed by atoms with Gasteiger partial charge in [0.15, 0.2) is 5.65 Å². The average Bonchev–Trinajstić information content (AvgIpc) is 3.03. The fourth-order valence-corrected chi connectivity index (χ4v) is 2.49. The highest BCUT2D eigenvalue weighted by molar-refractivity contribution is 6.08. The number of nitrogens with one attached hydrogen (secondary N) is 2. The first-order valence-electron chi connectivity index (χ1n) is 7.33. The molecule has 0 bridgehead atoms. The van der Waals surface area contributed by atoms with Crippen molar-refractivity contribution in [2.24, 2.45) is 5.73 Å². The number of carbonyl (C=O) groups excluding carboxylic acids is 1. The number of amides is 1. The van der Waals surface area contributed by atoms with Crippen LogP contribution in [0.4, 0.5) is 5.69 Å². The zero-order valence-corrected chi connectivity index (χ0v) is 13.3. The van der Waals surface area contributed by atoms with E-state index < -0.39 is 5.54 Å². The molecule has 0 aliphatic carbocycles. The molecule has 0 atom stereocenters. The lowest BCUT2D eigenvalue weighted by Crippen LogP contribution is -2.30. The number of nitrogens with two attached hydrogens (primary N) is 1. The van der Waals surface area contributed by atoms with Crippen LogP contribution in [0.3, 0.4) is 0 Å². The summed E-state index contributed by atoms with van der Waals surface area (Å²) >= 11 is 0. The van der Waals surface area contributed by atoms with Gasteiger partial charge < -0.3 is 11.1 Å². The van der Waals surface area contributed by atoms with Crippen LogP contribution in [0, 0.1) is 11.3 Å². The minimum absolute atomic E-state index is 0.318. The second-order valence-corrected chi connectivity index (χ2v) is 6.04. The van der Waals surface area contributed by atoms with E-state index in [2.05, 4.69) is 26.6 Å². The number of hydrogen-bond donors (Lipinski definition) is 3. The summed E-state index contributed by atoms with van der Waals surface area (Å²) in [5.41, 5.74) is 8.06. The van der Waals surface area contributed by atoms with Crippen molar-refractivity contribution in [3.63, 3.8) is 0 Å². The number of benzene rings is 1. The van der Waals surface area contributed by atoms with Gasteiger partial charge in [0.05, 0.1) is 28.9 Å². The molecule has 0 fully saturated rings. The van der Waals surface area contributed by atoms with Crippen molar-refractivity contribution in [3.8, 4) is 6.07 Å². The monoisotopic (exact) mass is 320 g/mol. The third-order valence-corrected chi connectivity index (χ3v) is 3.70. The van der Waals surface area contributed by atoms with Crippen LogP contribution in [0.2, 0.25) is 0 Å². The molecule has 0 aliphatic rings. The summed E-state index contributed by atoms with van der Waals surface area (Å²) in [5.74, 6) is -0.318. The van der Waals surface area contributed by atoms with Gasteiger partial charge in [0, 0.05) is 17.3 Å². The summed E-state index contributed by atoms with van der Waals surface area (Å²) in [5, 5.41) is 19.5. The summed E-state index contributed by atoms with van der Waals surface area (Å²) in [6.07, 6.45) is 3.18. The van der Waals surface area contributed by atoms with Crippen LogP contribution in [0.25, 0.3) is 11.0 Å². The van der Waals surface area contributed by atoms with Gasteiger partial charge in [-0.05, 0) is 37.6 Å². The van der Waals surface area contributed by atoms with Gasteiger partial charge in [0.2, 0.25) is 0 Å². The predicted molar refractivity (Wildman–Crippen MR) is 90.2 cm³/mol. The van der Waals surface area contributed by atoms with Gasteiger partial charge >= 0.3 is 0 Å². The molecular formula is C17H16N6O. The molecule has 120 valence electrons. The molecule has 24 heavy (non-hydrogen) atoms. The van der Waals surface area contributed by atoms with Crippen molar-refractivity contribution in [2.75, 3.05) is 5.32 Å². The Morgan fingerprint density at radius 3 is 2.88 bits per heavy atom. The zero-order valence-electron chi connectivity index (χ0n) is 13.3. The Hall–Kier alpha value is -3.24. The smallest absolute Gasteiger partial charge is 0.255 e. The number of fused-ring (bicyclic) bond motifs is 1. The first-order valence-corrected chi connectivity index (χ1v) is 7.33. The van der Waals surface area contributed by atoms with E-state index in [-0.39, 0.29) is 5.91 Å². The maximum absolute atomic E-state index is 12.5. The molecule has 0 aliphatic heterocycles. The standard InChI is InChI=1S/C17H16N6O/c1-17(2,19)13-4-3-10(7-11(13)8-18)16(24)22-14-5-6-20-15-12(14)9-21-23-15/h3-7,9H,19H2,1-2H3,(H2,20,21,22,23,24). The van der Waals surface area contributed by atoms with Gasteiger partial charge in [-0.1, -0.05) is 6.07 Å². The predicted octanol–water partition coefficient (Wildman–Crippen LogP) is 2.28. The van der Waals surface area contributed by atoms with Gasteiger partial charge in [-0.3, -0.25) is 9.89 Å². The van der Waals surface area contributed by atoms with Crippen molar-refractivity contribution < 1.29 is 4.79 Å². The molecule has 7 nitrogen and oxygen atoms in total. The number of pyridine rings is 1. The minimum atomic E-state index is -0.659. The zero-order chi connectivity index (χ0) is 17.3. The Balaban J connectivity index is 1.94. The average molecular weight is 320 g/mol. The quantitative estimate of drug-likeness (QED) is 0.683. The van der Waals surface area contributed by atoms with Crippen molar-refractivity contribution in [3.05, 3.63) is 53.3 Å². The lowest BCUT2D eigenvalue weighted by molar-refractivity contribution is 0.102. The molecule has 1 amide bonds. The van der Waals surface area contributed by atoms with E-state index in [9.17, 15) is 10.1 Å². The third-order valence-electron chi connectivity index (χ3n) is 3.70. The van der Waals surface area contributed by atoms with E-state index in [1.807, 2.05) is 13.8 Å². The number of rotatable bonds is 3. The third kappa shape index (κ3) is 2.83. The van der Waals surface area contributed by atoms with Crippen LogP contribution in [0.5, 0.6) is 0 Å². The Morgan fingerprint density at radius 2 is 2.17 bits per heavy atom. The largest absolute Gasteiger partial charge is 0.322 e. The fourth-order valence-electron chi connectivity index (χ4n) is 2.49. The summed E-state index contributed by atoms with van der Waals surface area (Å²) in [6, 6.07) is 8.72. The molecular weight excluding hydrogens is 304 g/mol. The van der Waals surface area contributed by atoms with Gasteiger partial charge in [-0.15, -0.1) is 0 Å². The summed E-state index contributed by atoms with van der Waals surface area (Å²) in [7, 11) is 0. The van der Waals surface area contributed by atoms with Crippen LogP contribution in [-0.2, 0) is 5.54 Å². The molecule has 2 aromatic heterocycles. The number of aromatic nitrogens is 3. The maximum atomic E-state index is 12.5. The number of hydrogen-bond acceptors (Lipinski definition) is 5. The van der Waals surface area contributed by atoms with Crippen molar-refractivity contribution in [1.82, 2.24) is 15.2 Å². The summed E-state index contributed by atoms with van der Waals surface area (Å²) in [6.45, 7) is 3.63. The lowest BCUT2D eigenvalue weighted by Gasteiger charge is -2.21. The Bertz CT molecular complexity index is 961. The van der Waals surface area contributed by atoms with Crippen LogP contribution < -0.4 is 11.1 Å². The summed E-state index contributed by atoms with van der Waals surface area (Å²) < 4.78 is 0. The molecule has 2 heterocycles. The normalized spacial score (nSPS) is 11.2. The number of H-pyrrole nitrogens is 1. The molecule has 0 radical (unpaired) electrons. The van der Waals surface area contributed by atoms with Crippen LogP contribution >= 0.6 is 0 Å². The topological polar surface area (TPSA) is 120 Å². The van der Waals surface area contributed by atoms with E-state index in [1.165, 1.54) is 0 Å². The first-order chi connectivity index (χ1) is 11.4. The van der Waals surface area contributed by atoms with Crippen LogP contribution in [0.1, 0.15) is 35.3 Å². The van der Waals surface area contributed by atoms with Gasteiger partial charge in [-0.2, -0.15) is 10.4 Å². The van der Waals surface area contributed by atoms with Gasteiger partial charge in [0.1, 0.15) is 0 Å². The van der Waals surface area contributed by atoms with E-state index in [4.69, 9.17) is 5.73 Å². The Kier molecular flexibility index (Phi) is 3.75. The van der Waals surface area contributed by atoms with E-state index in [1.54, 1.807) is 36.7 Å². The second kappa shape index (κ2) is 5.76.